The molecule has 2 aromatic rings. The molecule has 1 aliphatic carbocycles. The Morgan fingerprint density at radius 3 is 2.57 bits per heavy atom. The Labute approximate surface area is 132 Å². The molecule has 0 aromatic heterocycles. The molecule has 0 aliphatic heterocycles. The van der Waals surface area contributed by atoms with Gasteiger partial charge in [-0.15, -0.1) is 11.8 Å². The fraction of sp³-hybridized carbons (Fsp3) is 0.368. The normalized spacial score (nSPS) is 16.4. The highest BCUT2D eigenvalue weighted by Crippen LogP contribution is 2.37. The maximum Gasteiger partial charge on any atom is 0.0413 e. The minimum absolute atomic E-state index is 0.412. The molecule has 0 heterocycles. The van der Waals surface area contributed by atoms with Gasteiger partial charge in [-0.25, -0.2) is 0 Å². The van der Waals surface area contributed by atoms with E-state index in [1.54, 1.807) is 0 Å². The monoisotopic (exact) mass is 297 g/mol. The molecule has 0 saturated heterocycles. The highest BCUT2D eigenvalue weighted by Gasteiger charge is 2.20. The lowest BCUT2D eigenvalue weighted by Crippen LogP contribution is -2.19. The highest BCUT2D eigenvalue weighted by molar-refractivity contribution is 7.99. The fourth-order valence-corrected chi connectivity index (χ4v) is 3.88. The topological polar surface area (TPSA) is 12.0 Å². The number of hydrogen-bond donors (Lipinski definition) is 1. The van der Waals surface area contributed by atoms with Crippen molar-refractivity contribution < 1.29 is 0 Å². The Bertz CT molecular complexity index is 563. The van der Waals surface area contributed by atoms with Crippen LogP contribution in [0, 0.1) is 0 Å². The van der Waals surface area contributed by atoms with Crippen molar-refractivity contribution in [1.29, 1.82) is 0 Å². The molecule has 110 valence electrons. The maximum absolute atomic E-state index is 3.47. The van der Waals surface area contributed by atoms with E-state index in [2.05, 4.69) is 67.0 Å². The van der Waals surface area contributed by atoms with E-state index in [1.807, 2.05) is 11.8 Å². The summed E-state index contributed by atoms with van der Waals surface area (Å²) in [7, 11) is 2.06. The number of hydrogen-bond acceptors (Lipinski definition) is 2. The molecule has 1 aliphatic rings. The summed E-state index contributed by atoms with van der Waals surface area (Å²) in [5.41, 5.74) is 2.95. The largest absolute Gasteiger partial charge is 0.312 e. The van der Waals surface area contributed by atoms with Crippen LogP contribution in [0.15, 0.2) is 59.5 Å². The molecule has 1 nitrogen and oxygen atoms in total. The minimum atomic E-state index is 0.412. The first-order valence-electron chi connectivity index (χ1n) is 7.82. The molecule has 1 fully saturated rings. The van der Waals surface area contributed by atoms with E-state index in [-0.39, 0.29) is 0 Å². The smallest absolute Gasteiger partial charge is 0.0413 e. The Kier molecular flexibility index (Phi) is 5.00. The van der Waals surface area contributed by atoms with E-state index in [1.165, 1.54) is 35.3 Å². The van der Waals surface area contributed by atoms with Crippen molar-refractivity contribution in [1.82, 2.24) is 5.32 Å². The Morgan fingerprint density at radius 1 is 1.10 bits per heavy atom. The number of nitrogens with one attached hydrogen (secondary N) is 1. The number of benzene rings is 2. The van der Waals surface area contributed by atoms with E-state index in [4.69, 9.17) is 0 Å². The third-order valence-corrected chi connectivity index (χ3v) is 5.50. The van der Waals surface area contributed by atoms with Gasteiger partial charge in [0, 0.05) is 16.7 Å². The van der Waals surface area contributed by atoms with Crippen molar-refractivity contribution in [2.75, 3.05) is 12.8 Å². The van der Waals surface area contributed by atoms with Gasteiger partial charge in [0.2, 0.25) is 0 Å². The quantitative estimate of drug-likeness (QED) is 0.752. The van der Waals surface area contributed by atoms with Gasteiger partial charge >= 0.3 is 0 Å². The van der Waals surface area contributed by atoms with E-state index in [0.29, 0.717) is 6.04 Å². The van der Waals surface area contributed by atoms with Crippen molar-refractivity contribution in [2.45, 2.75) is 36.1 Å². The van der Waals surface area contributed by atoms with Crippen LogP contribution in [-0.2, 0) is 0 Å². The summed E-state index contributed by atoms with van der Waals surface area (Å²) in [6.45, 7) is 0. The Hall–Kier alpha value is -1.25. The van der Waals surface area contributed by atoms with Crippen molar-refractivity contribution in [3.05, 3.63) is 65.7 Å². The van der Waals surface area contributed by atoms with Gasteiger partial charge in [-0.1, -0.05) is 48.9 Å². The molecule has 1 saturated carbocycles. The van der Waals surface area contributed by atoms with Crippen LogP contribution in [0.4, 0.5) is 0 Å². The highest BCUT2D eigenvalue weighted by atomic mass is 32.2. The van der Waals surface area contributed by atoms with Crippen LogP contribution in [0.2, 0.25) is 0 Å². The Morgan fingerprint density at radius 2 is 1.90 bits per heavy atom. The number of thioether (sulfide) groups is 1. The van der Waals surface area contributed by atoms with Crippen LogP contribution in [-0.4, -0.2) is 12.8 Å². The van der Waals surface area contributed by atoms with Crippen LogP contribution in [0.3, 0.4) is 0 Å². The maximum atomic E-state index is 3.47. The van der Waals surface area contributed by atoms with Crippen molar-refractivity contribution in [3.8, 4) is 0 Å². The molecule has 1 unspecified atom stereocenters. The third kappa shape index (κ3) is 3.69. The summed E-state index contributed by atoms with van der Waals surface area (Å²) in [5, 5.41) is 3.47. The summed E-state index contributed by atoms with van der Waals surface area (Å²) < 4.78 is 0. The van der Waals surface area contributed by atoms with Gasteiger partial charge < -0.3 is 5.32 Å². The second kappa shape index (κ2) is 7.15. The van der Waals surface area contributed by atoms with Gasteiger partial charge in [-0.05, 0) is 49.1 Å². The molecule has 0 radical (unpaired) electrons. The van der Waals surface area contributed by atoms with Crippen LogP contribution >= 0.6 is 11.8 Å². The molecule has 2 aromatic carbocycles. The SMILES string of the molecule is CNC(CSc1ccccc1)c1cccc(C2CCC2)c1. The molecular formula is C19H23NS. The molecule has 1 N–H and O–H groups in total. The van der Waals surface area contributed by atoms with Gasteiger partial charge in [-0.2, -0.15) is 0 Å². The van der Waals surface area contributed by atoms with Crippen molar-refractivity contribution >= 4 is 11.8 Å². The zero-order chi connectivity index (χ0) is 14.5. The van der Waals surface area contributed by atoms with E-state index in [9.17, 15) is 0 Å². The predicted octanol–water partition coefficient (Wildman–Crippen LogP) is 5.01. The number of rotatable bonds is 6. The van der Waals surface area contributed by atoms with Crippen LogP contribution in [0.1, 0.15) is 42.3 Å². The van der Waals surface area contributed by atoms with Crippen LogP contribution in [0.25, 0.3) is 0 Å². The van der Waals surface area contributed by atoms with Gasteiger partial charge in [0.25, 0.3) is 0 Å². The summed E-state index contributed by atoms with van der Waals surface area (Å²) in [6.07, 6.45) is 4.13. The zero-order valence-electron chi connectivity index (χ0n) is 12.6. The lowest BCUT2D eigenvalue weighted by molar-refractivity contribution is 0.419. The molecule has 3 rings (SSSR count). The predicted molar refractivity (Wildman–Crippen MR) is 92.0 cm³/mol. The molecule has 2 heteroatoms. The first-order chi connectivity index (χ1) is 10.4. The fourth-order valence-electron chi connectivity index (χ4n) is 2.81. The van der Waals surface area contributed by atoms with Crippen LogP contribution in [0.5, 0.6) is 0 Å². The zero-order valence-corrected chi connectivity index (χ0v) is 13.4. The molecule has 21 heavy (non-hydrogen) atoms. The summed E-state index contributed by atoms with van der Waals surface area (Å²) in [6, 6.07) is 20.2. The van der Waals surface area contributed by atoms with Gasteiger partial charge in [0.05, 0.1) is 0 Å². The lowest BCUT2D eigenvalue weighted by Gasteiger charge is -2.27. The molecule has 0 spiro atoms. The lowest BCUT2D eigenvalue weighted by atomic mass is 9.79. The second-order valence-electron chi connectivity index (χ2n) is 5.76. The third-order valence-electron chi connectivity index (χ3n) is 4.40. The van der Waals surface area contributed by atoms with Gasteiger partial charge in [0.1, 0.15) is 0 Å². The van der Waals surface area contributed by atoms with Crippen LogP contribution < -0.4 is 5.32 Å². The van der Waals surface area contributed by atoms with E-state index < -0.39 is 0 Å². The van der Waals surface area contributed by atoms with Crippen molar-refractivity contribution in [3.63, 3.8) is 0 Å². The summed E-state index contributed by atoms with van der Waals surface area (Å²) >= 11 is 1.92. The Balaban J connectivity index is 1.67. The van der Waals surface area contributed by atoms with Crippen molar-refractivity contribution in [2.24, 2.45) is 0 Å². The first-order valence-corrected chi connectivity index (χ1v) is 8.80. The summed E-state index contributed by atoms with van der Waals surface area (Å²) in [5.74, 6) is 1.87. The van der Waals surface area contributed by atoms with Gasteiger partial charge in [0.15, 0.2) is 0 Å². The molecule has 0 amide bonds. The van der Waals surface area contributed by atoms with E-state index in [0.717, 1.165) is 11.7 Å². The first kappa shape index (κ1) is 14.7. The van der Waals surface area contributed by atoms with Gasteiger partial charge in [-0.3, -0.25) is 0 Å². The average Bonchev–Trinajstić information content (AvgIpc) is 2.48. The average molecular weight is 297 g/mol. The standard InChI is InChI=1S/C19H23NS/c1-20-19(14-21-18-11-3-2-4-12-18)17-10-6-9-16(13-17)15-7-5-8-15/h2-4,6,9-13,15,19-20H,5,7-8,14H2,1H3. The summed E-state index contributed by atoms with van der Waals surface area (Å²) in [4.78, 5) is 1.34. The molecule has 1 atom stereocenters. The molecular weight excluding hydrogens is 274 g/mol. The van der Waals surface area contributed by atoms with E-state index >= 15 is 0 Å². The minimum Gasteiger partial charge on any atom is -0.312 e. The second-order valence-corrected chi connectivity index (χ2v) is 6.86. The molecule has 0 bridgehead atoms.